The number of tetrazole rings is 1. The summed E-state index contributed by atoms with van der Waals surface area (Å²) in [5, 5.41) is 13.0. The molecule has 0 fully saturated rings. The molecule has 1 atom stereocenters. The van der Waals surface area contributed by atoms with Gasteiger partial charge >= 0.3 is 5.97 Å². The van der Waals surface area contributed by atoms with E-state index in [0.29, 0.717) is 48.1 Å². The minimum Gasteiger partial charge on any atom is -0.497 e. The second-order valence-electron chi connectivity index (χ2n) is 9.09. The van der Waals surface area contributed by atoms with Crippen LogP contribution in [-0.2, 0) is 29.2 Å². The molecule has 5 rings (SSSR count). The van der Waals surface area contributed by atoms with E-state index in [4.69, 9.17) is 18.9 Å². The lowest BCUT2D eigenvalue weighted by molar-refractivity contribution is -0.144. The van der Waals surface area contributed by atoms with Crippen molar-refractivity contribution in [3.8, 4) is 17.2 Å². The number of rotatable bonds is 11. The Morgan fingerprint density at radius 2 is 1.97 bits per heavy atom. The molecule has 12 nitrogen and oxygen atoms in total. The molecule has 0 aliphatic carbocycles. The Bertz CT molecular complexity index is 1530. The molecule has 12 heteroatoms. The molecular weight excluding hydrogens is 504 g/mol. The first-order valence-electron chi connectivity index (χ1n) is 12.7. The van der Waals surface area contributed by atoms with Crippen molar-refractivity contribution in [2.75, 3.05) is 20.5 Å². The summed E-state index contributed by atoms with van der Waals surface area (Å²) in [7, 11) is 1.60. The minimum atomic E-state index is -0.428. The van der Waals surface area contributed by atoms with Crippen molar-refractivity contribution < 1.29 is 23.7 Å². The number of esters is 1. The Kier molecular flexibility index (Phi) is 7.73. The number of benzene rings is 2. The summed E-state index contributed by atoms with van der Waals surface area (Å²) in [5.74, 6) is 2.13. The molecule has 1 aliphatic heterocycles. The van der Waals surface area contributed by atoms with Gasteiger partial charge in [0.1, 0.15) is 12.3 Å². The molecule has 1 N–H and O–H groups in total. The second kappa shape index (κ2) is 11.5. The zero-order valence-electron chi connectivity index (χ0n) is 22.0. The normalized spacial score (nSPS) is 13.1. The average molecular weight is 535 g/mol. The lowest BCUT2D eigenvalue weighted by atomic mass is 10.1. The Balaban J connectivity index is 1.52. The first kappa shape index (κ1) is 26.2. The number of pyridine rings is 1. The number of hydrogen-bond donors (Lipinski definition) is 1. The number of hydrogen-bond acceptors (Lipinski definition) is 10. The monoisotopic (exact) mass is 534 g/mol. The van der Waals surface area contributed by atoms with E-state index in [2.05, 4.69) is 25.4 Å². The standard InChI is InChI=1S/C27H30N6O6/c1-4-22(26-29-30-31-33(26)15-25(34)37-5-2)32(13-17-6-9-23-24(10-17)39-16-38-23)14-19-11-18-12-20(36-3)7-8-21(18)28-27(19)35/h6-12,22H,4-5,13-16H2,1-3H3,(H,28,35). The zero-order valence-corrected chi connectivity index (χ0v) is 22.0. The van der Waals surface area contributed by atoms with Crippen LogP contribution in [0.2, 0.25) is 0 Å². The summed E-state index contributed by atoms with van der Waals surface area (Å²) < 4.78 is 23.0. The van der Waals surface area contributed by atoms with Gasteiger partial charge in [-0.15, -0.1) is 5.10 Å². The summed E-state index contributed by atoms with van der Waals surface area (Å²) in [4.78, 5) is 30.5. The summed E-state index contributed by atoms with van der Waals surface area (Å²) >= 11 is 0. The van der Waals surface area contributed by atoms with E-state index in [1.165, 1.54) is 4.68 Å². The van der Waals surface area contributed by atoms with Gasteiger partial charge in [-0.3, -0.25) is 14.5 Å². The molecule has 204 valence electrons. The molecule has 0 spiro atoms. The van der Waals surface area contributed by atoms with E-state index >= 15 is 0 Å². The van der Waals surface area contributed by atoms with E-state index < -0.39 is 5.97 Å². The minimum absolute atomic E-state index is 0.110. The molecule has 0 bridgehead atoms. The lowest BCUT2D eigenvalue weighted by Crippen LogP contribution is -2.33. The van der Waals surface area contributed by atoms with Crippen LogP contribution in [0, 0.1) is 0 Å². The van der Waals surface area contributed by atoms with Gasteiger partial charge in [-0.05, 0) is 65.7 Å². The largest absolute Gasteiger partial charge is 0.497 e. The number of aromatic amines is 1. The third kappa shape index (κ3) is 5.70. The van der Waals surface area contributed by atoms with Crippen molar-refractivity contribution in [3.05, 3.63) is 69.8 Å². The molecule has 0 radical (unpaired) electrons. The lowest BCUT2D eigenvalue weighted by Gasteiger charge is -2.30. The van der Waals surface area contributed by atoms with Crippen LogP contribution in [0.1, 0.15) is 43.3 Å². The molecule has 4 aromatic rings. The topological polar surface area (TPSA) is 134 Å². The van der Waals surface area contributed by atoms with Crippen LogP contribution in [-0.4, -0.2) is 56.6 Å². The molecule has 1 aliphatic rings. The highest BCUT2D eigenvalue weighted by molar-refractivity contribution is 5.80. The number of H-pyrrole nitrogens is 1. The molecule has 0 saturated carbocycles. The number of carbonyl (C=O) groups excluding carboxylic acids is 1. The number of fused-ring (bicyclic) bond motifs is 2. The highest BCUT2D eigenvalue weighted by Gasteiger charge is 2.27. The first-order valence-corrected chi connectivity index (χ1v) is 12.7. The highest BCUT2D eigenvalue weighted by Crippen LogP contribution is 2.34. The smallest absolute Gasteiger partial charge is 0.327 e. The average Bonchev–Trinajstić information content (AvgIpc) is 3.59. The third-order valence-electron chi connectivity index (χ3n) is 6.59. The van der Waals surface area contributed by atoms with Crippen molar-refractivity contribution in [2.45, 2.75) is 45.9 Å². The van der Waals surface area contributed by atoms with Crippen molar-refractivity contribution in [1.82, 2.24) is 30.1 Å². The third-order valence-corrected chi connectivity index (χ3v) is 6.59. The fraction of sp³-hybridized carbons (Fsp3) is 0.370. The molecule has 3 heterocycles. The van der Waals surface area contributed by atoms with Gasteiger partial charge in [0.05, 0.1) is 19.8 Å². The quantitative estimate of drug-likeness (QED) is 0.286. The highest BCUT2D eigenvalue weighted by atomic mass is 16.7. The zero-order chi connectivity index (χ0) is 27.4. The maximum absolute atomic E-state index is 13.2. The Hall–Kier alpha value is -4.45. The van der Waals surface area contributed by atoms with Crippen molar-refractivity contribution in [1.29, 1.82) is 0 Å². The summed E-state index contributed by atoms with van der Waals surface area (Å²) in [6.45, 7) is 4.84. The van der Waals surface area contributed by atoms with E-state index in [9.17, 15) is 9.59 Å². The summed E-state index contributed by atoms with van der Waals surface area (Å²) in [6, 6.07) is 12.8. The fourth-order valence-electron chi connectivity index (χ4n) is 4.74. The van der Waals surface area contributed by atoms with E-state index in [1.54, 1.807) is 20.1 Å². The number of nitrogens with one attached hydrogen (secondary N) is 1. The first-order chi connectivity index (χ1) is 19.0. The number of ether oxygens (including phenoxy) is 4. The van der Waals surface area contributed by atoms with Crippen LogP contribution in [0.5, 0.6) is 17.2 Å². The fourth-order valence-corrected chi connectivity index (χ4v) is 4.74. The van der Waals surface area contributed by atoms with E-state index in [-0.39, 0.29) is 31.5 Å². The van der Waals surface area contributed by atoms with Crippen LogP contribution in [0.4, 0.5) is 0 Å². The molecule has 0 amide bonds. The van der Waals surface area contributed by atoms with Gasteiger partial charge in [0.15, 0.2) is 17.3 Å². The van der Waals surface area contributed by atoms with Crippen LogP contribution < -0.4 is 19.8 Å². The van der Waals surface area contributed by atoms with Crippen molar-refractivity contribution in [2.24, 2.45) is 0 Å². The van der Waals surface area contributed by atoms with Gasteiger partial charge in [0.2, 0.25) is 6.79 Å². The van der Waals surface area contributed by atoms with Gasteiger partial charge in [-0.2, -0.15) is 0 Å². The van der Waals surface area contributed by atoms with Crippen LogP contribution in [0.25, 0.3) is 10.9 Å². The van der Waals surface area contributed by atoms with Crippen molar-refractivity contribution >= 4 is 16.9 Å². The molecule has 39 heavy (non-hydrogen) atoms. The van der Waals surface area contributed by atoms with E-state index in [0.717, 1.165) is 16.5 Å². The predicted octanol–water partition coefficient (Wildman–Crippen LogP) is 2.97. The van der Waals surface area contributed by atoms with Crippen LogP contribution in [0.3, 0.4) is 0 Å². The SMILES string of the molecule is CCOC(=O)Cn1nnnc1C(CC)N(Cc1ccc2c(c1)OCO2)Cc1cc2cc(OC)ccc2[nH]c1=O. The maximum atomic E-state index is 13.2. The number of methoxy groups -OCH3 is 1. The van der Waals surface area contributed by atoms with Gasteiger partial charge in [-0.1, -0.05) is 13.0 Å². The summed E-state index contributed by atoms with van der Waals surface area (Å²) in [5.41, 5.74) is 2.06. The second-order valence-corrected chi connectivity index (χ2v) is 9.09. The van der Waals surface area contributed by atoms with Gasteiger partial charge in [-0.25, -0.2) is 4.68 Å². The number of aromatic nitrogens is 5. The van der Waals surface area contributed by atoms with Gasteiger partial charge in [0, 0.05) is 29.6 Å². The molecule has 0 saturated heterocycles. The predicted molar refractivity (Wildman–Crippen MR) is 140 cm³/mol. The Morgan fingerprint density at radius 3 is 2.77 bits per heavy atom. The maximum Gasteiger partial charge on any atom is 0.327 e. The number of nitrogens with zero attached hydrogens (tertiary/aromatic N) is 5. The van der Waals surface area contributed by atoms with Gasteiger partial charge < -0.3 is 23.9 Å². The van der Waals surface area contributed by atoms with Crippen LogP contribution >= 0.6 is 0 Å². The van der Waals surface area contributed by atoms with E-state index in [1.807, 2.05) is 43.3 Å². The Labute approximate surface area is 224 Å². The van der Waals surface area contributed by atoms with Crippen molar-refractivity contribution in [3.63, 3.8) is 0 Å². The summed E-state index contributed by atoms with van der Waals surface area (Å²) in [6.07, 6.45) is 0.618. The number of carbonyl (C=O) groups is 1. The molecular formula is C27H30N6O6. The molecule has 2 aromatic heterocycles. The molecule has 1 unspecified atom stereocenters. The Morgan fingerprint density at radius 1 is 1.13 bits per heavy atom. The van der Waals surface area contributed by atoms with Gasteiger partial charge in [0.25, 0.3) is 5.56 Å². The molecule has 2 aromatic carbocycles. The van der Waals surface area contributed by atoms with Crippen LogP contribution in [0.15, 0.2) is 47.3 Å².